The lowest BCUT2D eigenvalue weighted by Gasteiger charge is -2.43. The van der Waals surface area contributed by atoms with E-state index in [9.17, 15) is 23.4 Å². The van der Waals surface area contributed by atoms with Crippen molar-refractivity contribution in [1.82, 2.24) is 20.0 Å². The van der Waals surface area contributed by atoms with E-state index in [0.29, 0.717) is 21.4 Å². The Balaban J connectivity index is 1.63. The van der Waals surface area contributed by atoms with E-state index >= 15 is 0 Å². The number of nitrogen functional groups attached to an aromatic ring is 1. The number of aliphatic hydroxyl groups excluding tert-OH is 2. The molecular weight excluding hydrogens is 519 g/mol. The Labute approximate surface area is 204 Å². The highest BCUT2D eigenvalue weighted by molar-refractivity contribution is 7.99. The predicted octanol–water partition coefficient (Wildman–Crippen LogP) is 3.08. The van der Waals surface area contributed by atoms with Crippen molar-refractivity contribution < 1.29 is 32.9 Å². The largest absolute Gasteiger partial charge is 0.417 e. The summed E-state index contributed by atoms with van der Waals surface area (Å²) >= 11 is 8.13. The third-order valence-electron chi connectivity index (χ3n) is 5.20. The van der Waals surface area contributed by atoms with E-state index < -0.39 is 53.2 Å². The number of hydrogen-bond donors (Lipinski definition) is 3. The molecular formula is C19H19ClF3N5O4S2. The molecule has 0 amide bonds. The molecule has 0 spiro atoms. The number of nitrogens with two attached hydrogens (primary N) is 1. The van der Waals surface area contributed by atoms with Gasteiger partial charge in [0, 0.05) is 17.4 Å². The molecule has 184 valence electrons. The van der Waals surface area contributed by atoms with E-state index in [2.05, 4.69) is 15.3 Å². The first-order valence-electron chi connectivity index (χ1n) is 9.76. The Morgan fingerprint density at radius 2 is 2.12 bits per heavy atom. The smallest absolute Gasteiger partial charge is 0.394 e. The predicted molar refractivity (Wildman–Crippen MR) is 119 cm³/mol. The van der Waals surface area contributed by atoms with E-state index in [1.165, 1.54) is 35.3 Å². The fourth-order valence-electron chi connectivity index (χ4n) is 3.59. The monoisotopic (exact) mass is 537 g/mol. The van der Waals surface area contributed by atoms with Gasteiger partial charge in [-0.2, -0.15) is 13.2 Å². The number of halogens is 4. The number of rotatable bonds is 6. The second kappa shape index (κ2) is 9.97. The number of alkyl halides is 3. The van der Waals surface area contributed by atoms with Gasteiger partial charge in [-0.05, 0) is 18.2 Å². The molecule has 4 N–H and O–H groups in total. The molecule has 15 heteroatoms. The van der Waals surface area contributed by atoms with Gasteiger partial charge in [-0.3, -0.25) is 0 Å². The van der Waals surface area contributed by atoms with Crippen molar-refractivity contribution in [2.75, 3.05) is 19.5 Å². The van der Waals surface area contributed by atoms with Crippen LogP contribution in [-0.4, -0.2) is 67.7 Å². The summed E-state index contributed by atoms with van der Waals surface area (Å²) in [5.74, 6) is 0. The number of ether oxygens (including phenoxy) is 2. The number of nitrogens with zero attached hydrogens (tertiary/aromatic N) is 4. The summed E-state index contributed by atoms with van der Waals surface area (Å²) in [5.41, 5.74) is 4.82. The van der Waals surface area contributed by atoms with Gasteiger partial charge in [-0.15, -0.1) is 16.4 Å². The third kappa shape index (κ3) is 5.03. The normalized spacial score (nSPS) is 25.6. The number of methoxy groups -OCH3 is 1. The van der Waals surface area contributed by atoms with E-state index in [4.69, 9.17) is 26.8 Å². The second-order valence-electron chi connectivity index (χ2n) is 7.32. The second-order valence-corrected chi connectivity index (χ2v) is 9.79. The van der Waals surface area contributed by atoms with E-state index in [0.717, 1.165) is 17.8 Å². The lowest BCUT2D eigenvalue weighted by molar-refractivity contribution is -0.186. The van der Waals surface area contributed by atoms with Crippen molar-refractivity contribution in [2.24, 2.45) is 0 Å². The lowest BCUT2D eigenvalue weighted by Crippen LogP contribution is -2.55. The van der Waals surface area contributed by atoms with Gasteiger partial charge in [-0.1, -0.05) is 28.6 Å². The number of anilines is 1. The van der Waals surface area contributed by atoms with E-state index in [-0.39, 0.29) is 0 Å². The van der Waals surface area contributed by atoms with Gasteiger partial charge in [0.15, 0.2) is 5.13 Å². The van der Waals surface area contributed by atoms with Gasteiger partial charge in [0.25, 0.3) is 0 Å². The summed E-state index contributed by atoms with van der Waals surface area (Å²) in [5, 5.41) is 30.4. The molecule has 1 fully saturated rings. The summed E-state index contributed by atoms with van der Waals surface area (Å²) in [6, 6.07) is 2.49. The van der Waals surface area contributed by atoms with Gasteiger partial charge in [0.2, 0.25) is 0 Å². The van der Waals surface area contributed by atoms with Gasteiger partial charge in [-0.25, -0.2) is 9.67 Å². The van der Waals surface area contributed by atoms with Crippen LogP contribution in [0.1, 0.15) is 11.6 Å². The SMILES string of the molecule is CO[C@@H]1[C@@H](n2cc(-c3csc(N)n3)nn2)[C@@H](O)[C@@H](CO)O[C@@H]1Sc1ccc(C(F)(F)F)c(Cl)c1. The average molecular weight is 538 g/mol. The van der Waals surface area contributed by atoms with Gasteiger partial charge in [0.1, 0.15) is 41.2 Å². The molecule has 0 unspecified atom stereocenters. The van der Waals surface area contributed by atoms with E-state index in [1.807, 2.05) is 0 Å². The zero-order valence-corrected chi connectivity index (χ0v) is 19.8. The summed E-state index contributed by atoms with van der Waals surface area (Å²) in [7, 11) is 1.40. The highest BCUT2D eigenvalue weighted by Crippen LogP contribution is 2.42. The molecule has 5 atom stereocenters. The van der Waals surface area contributed by atoms with Gasteiger partial charge in [0.05, 0.1) is 23.4 Å². The van der Waals surface area contributed by atoms with Crippen LogP contribution < -0.4 is 5.73 Å². The molecule has 34 heavy (non-hydrogen) atoms. The topological polar surface area (TPSA) is 129 Å². The number of aromatic nitrogens is 4. The van der Waals surface area contributed by atoms with Gasteiger partial charge < -0.3 is 25.4 Å². The van der Waals surface area contributed by atoms with Crippen LogP contribution in [0.2, 0.25) is 5.02 Å². The molecule has 0 radical (unpaired) electrons. The first-order chi connectivity index (χ1) is 16.1. The minimum atomic E-state index is -4.58. The summed E-state index contributed by atoms with van der Waals surface area (Å²) in [6.45, 7) is -0.511. The number of benzene rings is 1. The first kappa shape index (κ1) is 25.2. The van der Waals surface area contributed by atoms with E-state index in [1.54, 1.807) is 11.6 Å². The highest BCUT2D eigenvalue weighted by atomic mass is 35.5. The number of thiazole rings is 1. The maximum Gasteiger partial charge on any atom is 0.417 e. The molecule has 0 saturated carbocycles. The average Bonchev–Trinajstić information content (AvgIpc) is 3.42. The molecule has 0 aliphatic carbocycles. The summed E-state index contributed by atoms with van der Waals surface area (Å²) < 4.78 is 52.0. The maximum atomic E-state index is 13.0. The van der Waals surface area contributed by atoms with Crippen molar-refractivity contribution in [3.8, 4) is 11.4 Å². The molecule has 1 saturated heterocycles. The zero-order valence-electron chi connectivity index (χ0n) is 17.4. The molecule has 1 aliphatic rings. The van der Waals surface area contributed by atoms with Crippen molar-refractivity contribution in [3.63, 3.8) is 0 Å². The molecule has 2 aromatic heterocycles. The quantitative estimate of drug-likeness (QED) is 0.434. The highest BCUT2D eigenvalue weighted by Gasteiger charge is 2.47. The first-order valence-corrected chi connectivity index (χ1v) is 11.9. The maximum absolute atomic E-state index is 13.0. The van der Waals surface area contributed by atoms with Crippen LogP contribution in [0.25, 0.3) is 11.4 Å². The van der Waals surface area contributed by atoms with Crippen LogP contribution in [0.3, 0.4) is 0 Å². The van der Waals surface area contributed by atoms with Crippen molar-refractivity contribution in [2.45, 2.75) is 40.9 Å². The lowest BCUT2D eigenvalue weighted by atomic mass is 9.97. The van der Waals surface area contributed by atoms with Crippen LogP contribution in [0.15, 0.2) is 34.7 Å². The molecule has 0 bridgehead atoms. The fraction of sp³-hybridized carbons (Fsp3) is 0.421. The molecule has 3 aromatic rings. The number of hydrogen-bond acceptors (Lipinski definition) is 10. The van der Waals surface area contributed by atoms with Crippen LogP contribution >= 0.6 is 34.7 Å². The Morgan fingerprint density at radius 1 is 1.35 bits per heavy atom. The molecule has 1 aromatic carbocycles. The minimum absolute atomic E-state index is 0.359. The Bertz CT molecular complexity index is 1150. The Morgan fingerprint density at radius 3 is 2.71 bits per heavy atom. The molecule has 4 rings (SSSR count). The minimum Gasteiger partial charge on any atom is -0.394 e. The fourth-order valence-corrected chi connectivity index (χ4v) is 5.70. The molecule has 3 heterocycles. The summed E-state index contributed by atoms with van der Waals surface area (Å²) in [6.07, 6.45) is -6.08. The van der Waals surface area contributed by atoms with Crippen molar-refractivity contribution >= 4 is 39.8 Å². The molecule has 1 aliphatic heterocycles. The Kier molecular flexibility index (Phi) is 7.38. The van der Waals surface area contributed by atoms with Crippen molar-refractivity contribution in [1.29, 1.82) is 0 Å². The number of thioether (sulfide) groups is 1. The van der Waals surface area contributed by atoms with Gasteiger partial charge >= 0.3 is 6.18 Å². The van der Waals surface area contributed by atoms with Crippen molar-refractivity contribution in [3.05, 3.63) is 40.4 Å². The third-order valence-corrected chi connectivity index (χ3v) is 7.32. The summed E-state index contributed by atoms with van der Waals surface area (Å²) in [4.78, 5) is 4.54. The van der Waals surface area contributed by atoms with Crippen LogP contribution in [0, 0.1) is 0 Å². The van der Waals surface area contributed by atoms with Crippen LogP contribution in [-0.2, 0) is 15.7 Å². The zero-order chi connectivity index (χ0) is 24.6. The standard InChI is InChI=1S/C19H19ClF3N5O4S2/c1-31-16-14(28-5-11(26-27-28)12-7-33-18(24)25-12)15(30)13(6-29)32-17(16)34-8-2-3-9(10(20)4-8)19(21,22)23/h2-5,7,13-17,29-30H,6H2,1H3,(H2,24,25)/t13-,14+,15+,16-,17-/m1/s1. The molecule has 9 nitrogen and oxygen atoms in total. The Hall–Kier alpha value is -1.94. The van der Waals surface area contributed by atoms with Crippen LogP contribution in [0.4, 0.5) is 18.3 Å². The number of aliphatic hydroxyl groups is 2. The van der Waals surface area contributed by atoms with Crippen LogP contribution in [0.5, 0.6) is 0 Å².